The van der Waals surface area contributed by atoms with Crippen molar-refractivity contribution in [1.29, 1.82) is 0 Å². The van der Waals surface area contributed by atoms with Gasteiger partial charge in [-0.3, -0.25) is 9.78 Å². The molecule has 2 aromatic heterocycles. The SMILES string of the molecule is Cc1cccc(C(=O)c2cccc3ncccc23)n1. The minimum absolute atomic E-state index is 0.0673. The highest BCUT2D eigenvalue weighted by molar-refractivity contribution is 6.15. The molecule has 0 aliphatic rings. The van der Waals surface area contributed by atoms with Crippen molar-refractivity contribution in [3.05, 3.63) is 71.7 Å². The van der Waals surface area contributed by atoms with Gasteiger partial charge in [0, 0.05) is 22.8 Å². The number of ketones is 1. The van der Waals surface area contributed by atoms with Gasteiger partial charge in [0.1, 0.15) is 5.69 Å². The Morgan fingerprint density at radius 3 is 2.68 bits per heavy atom. The second-order valence-electron chi connectivity index (χ2n) is 4.37. The Kier molecular flexibility index (Phi) is 2.80. The van der Waals surface area contributed by atoms with E-state index in [1.807, 2.05) is 49.4 Å². The maximum atomic E-state index is 12.5. The van der Waals surface area contributed by atoms with Crippen LogP contribution < -0.4 is 0 Å². The first-order valence-electron chi connectivity index (χ1n) is 6.08. The summed E-state index contributed by atoms with van der Waals surface area (Å²) in [4.78, 5) is 21.1. The van der Waals surface area contributed by atoms with Crippen molar-refractivity contribution in [2.24, 2.45) is 0 Å². The summed E-state index contributed by atoms with van der Waals surface area (Å²) < 4.78 is 0. The number of hydrogen-bond acceptors (Lipinski definition) is 3. The predicted octanol–water partition coefficient (Wildman–Crippen LogP) is 3.17. The number of fused-ring (bicyclic) bond motifs is 1. The Balaban J connectivity index is 2.17. The zero-order chi connectivity index (χ0) is 13.2. The lowest BCUT2D eigenvalue weighted by molar-refractivity contribution is 0.103. The van der Waals surface area contributed by atoms with Crippen LogP contribution in [0.15, 0.2) is 54.7 Å². The number of aromatic nitrogens is 2. The summed E-state index contributed by atoms with van der Waals surface area (Å²) in [7, 11) is 0. The molecule has 1 aromatic carbocycles. The Morgan fingerprint density at radius 1 is 1.00 bits per heavy atom. The molecule has 0 unspecified atom stereocenters. The van der Waals surface area contributed by atoms with Gasteiger partial charge in [-0.1, -0.05) is 24.3 Å². The summed E-state index contributed by atoms with van der Waals surface area (Å²) in [5.41, 5.74) is 2.77. The third-order valence-corrected chi connectivity index (χ3v) is 3.01. The molecule has 0 aliphatic carbocycles. The molecule has 0 aliphatic heterocycles. The quantitative estimate of drug-likeness (QED) is 0.654. The van der Waals surface area contributed by atoms with E-state index in [0.29, 0.717) is 11.3 Å². The first kappa shape index (κ1) is 11.5. The van der Waals surface area contributed by atoms with Crippen molar-refractivity contribution in [3.8, 4) is 0 Å². The van der Waals surface area contributed by atoms with Gasteiger partial charge in [-0.15, -0.1) is 0 Å². The highest BCUT2D eigenvalue weighted by atomic mass is 16.1. The van der Waals surface area contributed by atoms with Crippen LogP contribution in [0.3, 0.4) is 0 Å². The van der Waals surface area contributed by atoms with Gasteiger partial charge in [0.15, 0.2) is 0 Å². The van der Waals surface area contributed by atoms with E-state index >= 15 is 0 Å². The number of aryl methyl sites for hydroxylation is 1. The topological polar surface area (TPSA) is 42.9 Å². The highest BCUT2D eigenvalue weighted by Crippen LogP contribution is 2.19. The summed E-state index contributed by atoms with van der Waals surface area (Å²) in [5, 5.41) is 0.860. The summed E-state index contributed by atoms with van der Waals surface area (Å²) in [6.45, 7) is 1.88. The molecule has 0 fully saturated rings. The minimum atomic E-state index is -0.0673. The molecule has 0 N–H and O–H groups in total. The van der Waals surface area contributed by atoms with Crippen molar-refractivity contribution in [2.45, 2.75) is 6.92 Å². The average molecular weight is 248 g/mol. The first-order valence-corrected chi connectivity index (χ1v) is 6.08. The molecule has 0 saturated heterocycles. The number of carbonyl (C=O) groups is 1. The second kappa shape index (κ2) is 4.61. The lowest BCUT2D eigenvalue weighted by Gasteiger charge is -2.05. The van der Waals surface area contributed by atoms with Crippen molar-refractivity contribution in [1.82, 2.24) is 9.97 Å². The standard InChI is InChI=1S/C16H12N2O/c1-11-5-2-9-15(18-11)16(19)13-6-3-8-14-12(13)7-4-10-17-14/h2-10H,1H3. The Bertz CT molecular complexity index is 760. The maximum Gasteiger partial charge on any atom is 0.212 e. The first-order chi connectivity index (χ1) is 9.25. The third kappa shape index (κ3) is 2.10. The van der Waals surface area contributed by atoms with E-state index in [1.165, 1.54) is 0 Å². The number of benzene rings is 1. The highest BCUT2D eigenvalue weighted by Gasteiger charge is 2.13. The molecule has 3 nitrogen and oxygen atoms in total. The molecule has 3 aromatic rings. The Hall–Kier alpha value is -2.55. The largest absolute Gasteiger partial charge is 0.287 e. The van der Waals surface area contributed by atoms with E-state index in [1.54, 1.807) is 12.3 Å². The van der Waals surface area contributed by atoms with Crippen molar-refractivity contribution in [3.63, 3.8) is 0 Å². The van der Waals surface area contributed by atoms with E-state index in [4.69, 9.17) is 0 Å². The number of hydrogen-bond donors (Lipinski definition) is 0. The van der Waals surface area contributed by atoms with Gasteiger partial charge < -0.3 is 0 Å². The molecule has 2 heterocycles. The molecule has 0 spiro atoms. The molecule has 0 bridgehead atoms. The lowest BCUT2D eigenvalue weighted by atomic mass is 10.0. The molecule has 92 valence electrons. The zero-order valence-electron chi connectivity index (χ0n) is 10.5. The van der Waals surface area contributed by atoms with Gasteiger partial charge in [-0.05, 0) is 31.2 Å². The molecule has 0 radical (unpaired) electrons. The fourth-order valence-electron chi connectivity index (χ4n) is 2.11. The second-order valence-corrected chi connectivity index (χ2v) is 4.37. The molecule has 19 heavy (non-hydrogen) atoms. The normalized spacial score (nSPS) is 10.6. The van der Waals surface area contributed by atoms with Gasteiger partial charge in [0.25, 0.3) is 0 Å². The van der Waals surface area contributed by atoms with Gasteiger partial charge in [0.2, 0.25) is 5.78 Å². The number of rotatable bonds is 2. The van der Waals surface area contributed by atoms with Crippen LogP contribution in [0.25, 0.3) is 10.9 Å². The van der Waals surface area contributed by atoms with E-state index in [9.17, 15) is 4.79 Å². The lowest BCUT2D eigenvalue weighted by Crippen LogP contribution is -2.05. The summed E-state index contributed by atoms with van der Waals surface area (Å²) in [6, 6.07) is 14.8. The van der Waals surface area contributed by atoms with Gasteiger partial charge in [0.05, 0.1) is 5.52 Å². The number of nitrogens with zero attached hydrogens (tertiary/aromatic N) is 2. The molecular weight excluding hydrogens is 236 g/mol. The Labute approximate surface area is 111 Å². The van der Waals surface area contributed by atoms with E-state index in [-0.39, 0.29) is 5.78 Å². The maximum absolute atomic E-state index is 12.5. The minimum Gasteiger partial charge on any atom is -0.287 e. The van der Waals surface area contributed by atoms with Crippen LogP contribution in [0.4, 0.5) is 0 Å². The molecule has 0 saturated carbocycles. The van der Waals surface area contributed by atoms with Crippen molar-refractivity contribution < 1.29 is 4.79 Å². The van der Waals surface area contributed by atoms with Crippen LogP contribution in [0.5, 0.6) is 0 Å². The van der Waals surface area contributed by atoms with Crippen molar-refractivity contribution >= 4 is 16.7 Å². The van der Waals surface area contributed by atoms with Crippen LogP contribution in [0.1, 0.15) is 21.7 Å². The van der Waals surface area contributed by atoms with Crippen LogP contribution in [-0.2, 0) is 0 Å². The van der Waals surface area contributed by atoms with E-state index in [2.05, 4.69) is 9.97 Å². The van der Waals surface area contributed by atoms with Crippen molar-refractivity contribution in [2.75, 3.05) is 0 Å². The van der Waals surface area contributed by atoms with Crippen LogP contribution in [0.2, 0.25) is 0 Å². The van der Waals surface area contributed by atoms with E-state index in [0.717, 1.165) is 16.6 Å². The van der Waals surface area contributed by atoms with Gasteiger partial charge in [-0.25, -0.2) is 4.98 Å². The van der Waals surface area contributed by atoms with Crippen LogP contribution >= 0.6 is 0 Å². The predicted molar refractivity (Wildman–Crippen MR) is 74.1 cm³/mol. The fourth-order valence-corrected chi connectivity index (χ4v) is 2.11. The number of carbonyl (C=O) groups excluding carboxylic acids is 1. The molecule has 3 heteroatoms. The molecule has 0 amide bonds. The summed E-state index contributed by atoms with van der Waals surface area (Å²) >= 11 is 0. The van der Waals surface area contributed by atoms with E-state index < -0.39 is 0 Å². The van der Waals surface area contributed by atoms with Gasteiger partial charge >= 0.3 is 0 Å². The summed E-state index contributed by atoms with van der Waals surface area (Å²) in [5.74, 6) is -0.0673. The zero-order valence-corrected chi connectivity index (χ0v) is 10.5. The summed E-state index contributed by atoms with van der Waals surface area (Å²) in [6.07, 6.45) is 1.72. The Morgan fingerprint density at radius 2 is 1.84 bits per heavy atom. The molecular formula is C16H12N2O. The third-order valence-electron chi connectivity index (χ3n) is 3.01. The average Bonchev–Trinajstić information content (AvgIpc) is 2.46. The molecule has 0 atom stereocenters. The molecule has 3 rings (SSSR count). The fraction of sp³-hybridized carbons (Fsp3) is 0.0625. The van der Waals surface area contributed by atoms with Gasteiger partial charge in [-0.2, -0.15) is 0 Å². The van der Waals surface area contributed by atoms with Crippen LogP contribution in [-0.4, -0.2) is 15.8 Å². The smallest absolute Gasteiger partial charge is 0.212 e. The monoisotopic (exact) mass is 248 g/mol. The number of pyridine rings is 2. The van der Waals surface area contributed by atoms with Crippen LogP contribution in [0, 0.1) is 6.92 Å².